The molecule has 7 nitrogen and oxygen atoms in total. The molecule has 160 valence electrons. The number of amides is 1. The van der Waals surface area contributed by atoms with Gasteiger partial charge in [-0.25, -0.2) is 4.99 Å². The Morgan fingerprint density at radius 2 is 1.77 bits per heavy atom. The molecule has 1 saturated heterocycles. The quantitative estimate of drug-likeness (QED) is 0.583. The summed E-state index contributed by atoms with van der Waals surface area (Å²) in [5.74, 6) is 0.249. The molecular weight excluding hydrogens is 380 g/mol. The number of aliphatic hydroxyl groups is 1. The number of nitrogens with zero attached hydrogens (tertiary/aromatic N) is 3. The Bertz CT molecular complexity index is 854. The average molecular weight is 411 g/mol. The summed E-state index contributed by atoms with van der Waals surface area (Å²) in [6.07, 6.45) is 7.15. The molecule has 1 atom stereocenters. The summed E-state index contributed by atoms with van der Waals surface area (Å²) in [5, 5.41) is 11.7. The molecule has 2 heterocycles. The lowest BCUT2D eigenvalue weighted by atomic mass is 9.79. The van der Waals surface area contributed by atoms with Crippen LogP contribution in [0.4, 0.5) is 0 Å². The van der Waals surface area contributed by atoms with Crippen LogP contribution in [-0.4, -0.2) is 53.0 Å². The highest BCUT2D eigenvalue weighted by Crippen LogP contribution is 2.42. The van der Waals surface area contributed by atoms with E-state index in [1.165, 1.54) is 0 Å². The number of carbonyl (C=O) groups excluding carboxylic acids is 1. The van der Waals surface area contributed by atoms with Gasteiger partial charge in [0, 0.05) is 37.7 Å². The maximum Gasteiger partial charge on any atom is 0.259 e. The highest BCUT2D eigenvalue weighted by molar-refractivity contribution is 5.87. The minimum absolute atomic E-state index is 0.0352. The molecule has 4 rings (SSSR count). The molecule has 3 N–H and O–H groups in total. The van der Waals surface area contributed by atoms with Crippen molar-refractivity contribution in [1.82, 2.24) is 9.80 Å². The Morgan fingerprint density at radius 3 is 2.40 bits per heavy atom. The van der Waals surface area contributed by atoms with E-state index in [2.05, 4.69) is 4.99 Å². The third-order valence-electron chi connectivity index (χ3n) is 6.38. The second-order valence-electron chi connectivity index (χ2n) is 8.20. The summed E-state index contributed by atoms with van der Waals surface area (Å²) in [5.41, 5.74) is 6.37. The van der Waals surface area contributed by atoms with Gasteiger partial charge in [-0.2, -0.15) is 0 Å². The average Bonchev–Trinajstić information content (AvgIpc) is 3.52. The molecule has 1 aromatic heterocycles. The van der Waals surface area contributed by atoms with Crippen LogP contribution < -0.4 is 5.73 Å². The Balaban J connectivity index is 1.43. The van der Waals surface area contributed by atoms with Crippen molar-refractivity contribution >= 4 is 11.9 Å². The lowest BCUT2D eigenvalue weighted by Gasteiger charge is -2.41. The van der Waals surface area contributed by atoms with Crippen LogP contribution in [0.2, 0.25) is 0 Å². The zero-order valence-electron chi connectivity index (χ0n) is 17.2. The topological polar surface area (TPSA) is 95.3 Å². The summed E-state index contributed by atoms with van der Waals surface area (Å²) >= 11 is 0. The van der Waals surface area contributed by atoms with Gasteiger partial charge in [0.05, 0.1) is 19.1 Å². The molecule has 1 amide bonds. The number of piperazine rings is 1. The van der Waals surface area contributed by atoms with Gasteiger partial charge >= 0.3 is 0 Å². The molecule has 1 aliphatic carbocycles. The van der Waals surface area contributed by atoms with Crippen LogP contribution >= 0.6 is 0 Å². The summed E-state index contributed by atoms with van der Waals surface area (Å²) in [6, 6.07) is 11.3. The van der Waals surface area contributed by atoms with Gasteiger partial charge in [0.1, 0.15) is 0 Å². The molecule has 2 aromatic rings. The molecule has 30 heavy (non-hydrogen) atoms. The van der Waals surface area contributed by atoms with Crippen LogP contribution in [0.15, 0.2) is 58.3 Å². The second kappa shape index (κ2) is 8.92. The number of hydrogen-bond acceptors (Lipinski definition) is 4. The SMILES string of the molecule is NC(=NCc1ccoc1)N1CCN(C(=O)C(O)(c2ccccc2)C2CCCC2)CC1. The normalized spacial score (nSPS) is 20.4. The molecule has 7 heteroatoms. The monoisotopic (exact) mass is 410 g/mol. The van der Waals surface area contributed by atoms with Crippen LogP contribution in [0.5, 0.6) is 0 Å². The Labute approximate surface area is 177 Å². The maximum absolute atomic E-state index is 13.6. The van der Waals surface area contributed by atoms with Crippen LogP contribution in [0, 0.1) is 5.92 Å². The number of guanidine groups is 1. The summed E-state index contributed by atoms with van der Waals surface area (Å²) in [7, 11) is 0. The van der Waals surface area contributed by atoms with Gasteiger partial charge in [-0.15, -0.1) is 0 Å². The molecule has 2 fully saturated rings. The van der Waals surface area contributed by atoms with Crippen molar-refractivity contribution in [2.45, 2.75) is 37.8 Å². The van der Waals surface area contributed by atoms with Gasteiger partial charge in [0.15, 0.2) is 11.6 Å². The first-order valence-corrected chi connectivity index (χ1v) is 10.7. The third kappa shape index (κ3) is 4.07. The van der Waals surface area contributed by atoms with Crippen molar-refractivity contribution in [2.24, 2.45) is 16.6 Å². The lowest BCUT2D eigenvalue weighted by Crippen LogP contribution is -2.58. The Hall–Kier alpha value is -2.80. The minimum Gasteiger partial charge on any atom is -0.472 e. The first-order valence-electron chi connectivity index (χ1n) is 10.7. The van der Waals surface area contributed by atoms with Gasteiger partial charge in [-0.1, -0.05) is 43.2 Å². The van der Waals surface area contributed by atoms with E-state index in [1.54, 1.807) is 17.4 Å². The van der Waals surface area contributed by atoms with Crippen molar-refractivity contribution in [3.63, 3.8) is 0 Å². The second-order valence-corrected chi connectivity index (χ2v) is 8.20. The largest absolute Gasteiger partial charge is 0.472 e. The maximum atomic E-state index is 13.6. The van der Waals surface area contributed by atoms with Crippen LogP contribution in [0.25, 0.3) is 0 Å². The van der Waals surface area contributed by atoms with Crippen LogP contribution in [0.3, 0.4) is 0 Å². The molecule has 0 bridgehead atoms. The van der Waals surface area contributed by atoms with E-state index in [9.17, 15) is 9.90 Å². The van der Waals surface area contributed by atoms with Gasteiger partial charge in [-0.3, -0.25) is 4.79 Å². The minimum atomic E-state index is -1.46. The zero-order valence-corrected chi connectivity index (χ0v) is 17.2. The summed E-state index contributed by atoms with van der Waals surface area (Å²) in [6.45, 7) is 2.70. The van der Waals surface area contributed by atoms with Crippen LogP contribution in [-0.2, 0) is 16.9 Å². The van der Waals surface area contributed by atoms with Gasteiger partial charge in [0.2, 0.25) is 0 Å². The first-order chi connectivity index (χ1) is 14.6. The molecule has 1 saturated carbocycles. The van der Waals surface area contributed by atoms with Crippen LogP contribution in [0.1, 0.15) is 36.8 Å². The number of carbonyl (C=O) groups is 1. The molecule has 0 spiro atoms. The van der Waals surface area contributed by atoms with Crippen molar-refractivity contribution in [1.29, 1.82) is 0 Å². The Morgan fingerprint density at radius 1 is 1.10 bits per heavy atom. The summed E-state index contributed by atoms with van der Waals surface area (Å²) in [4.78, 5) is 21.7. The van der Waals surface area contributed by atoms with Crippen molar-refractivity contribution in [2.75, 3.05) is 26.2 Å². The Kier molecular flexibility index (Phi) is 6.08. The molecular formula is C23H30N4O3. The van der Waals surface area contributed by atoms with Crippen molar-refractivity contribution in [3.05, 3.63) is 60.1 Å². The molecule has 2 aliphatic rings. The van der Waals surface area contributed by atoms with E-state index >= 15 is 0 Å². The fraction of sp³-hybridized carbons (Fsp3) is 0.478. The van der Waals surface area contributed by atoms with Gasteiger partial charge in [0.25, 0.3) is 5.91 Å². The van der Waals surface area contributed by atoms with E-state index in [0.717, 1.165) is 31.2 Å². The first kappa shape index (κ1) is 20.5. The standard InChI is InChI=1S/C23H30N4O3/c24-22(25-16-18-10-15-30-17-18)27-13-11-26(12-14-27)21(28)23(29,20-8-4-5-9-20)19-6-2-1-3-7-19/h1-3,6-7,10,15,17,20,29H,4-5,8-9,11-14,16H2,(H2,24,25). The summed E-state index contributed by atoms with van der Waals surface area (Å²) < 4.78 is 5.05. The molecule has 1 aliphatic heterocycles. The highest BCUT2D eigenvalue weighted by atomic mass is 16.3. The fourth-order valence-corrected chi connectivity index (χ4v) is 4.60. The number of hydrogen-bond donors (Lipinski definition) is 2. The lowest BCUT2D eigenvalue weighted by molar-refractivity contribution is -0.160. The smallest absolute Gasteiger partial charge is 0.259 e. The molecule has 0 radical (unpaired) electrons. The van der Waals surface area contributed by atoms with E-state index < -0.39 is 5.60 Å². The van der Waals surface area contributed by atoms with E-state index in [0.29, 0.717) is 44.2 Å². The zero-order chi connectivity index (χ0) is 21.0. The predicted octanol–water partition coefficient (Wildman–Crippen LogP) is 2.32. The van der Waals surface area contributed by atoms with Crippen molar-refractivity contribution < 1.29 is 14.3 Å². The fourth-order valence-electron chi connectivity index (χ4n) is 4.60. The van der Waals surface area contributed by atoms with E-state index in [4.69, 9.17) is 10.2 Å². The number of benzene rings is 1. The number of nitrogens with two attached hydrogens (primary N) is 1. The number of rotatable bonds is 5. The van der Waals surface area contributed by atoms with E-state index in [1.807, 2.05) is 41.3 Å². The number of aliphatic imine (C=N–C) groups is 1. The number of furan rings is 1. The third-order valence-corrected chi connectivity index (χ3v) is 6.38. The molecule has 1 unspecified atom stereocenters. The van der Waals surface area contributed by atoms with Gasteiger partial charge < -0.3 is 25.1 Å². The van der Waals surface area contributed by atoms with E-state index in [-0.39, 0.29) is 11.8 Å². The van der Waals surface area contributed by atoms with Crippen molar-refractivity contribution in [3.8, 4) is 0 Å². The predicted molar refractivity (Wildman–Crippen MR) is 114 cm³/mol. The molecule has 1 aromatic carbocycles. The van der Waals surface area contributed by atoms with Gasteiger partial charge in [-0.05, 0) is 24.5 Å². The highest BCUT2D eigenvalue weighted by Gasteiger charge is 2.48.